The number of benzene rings is 1. The van der Waals surface area contributed by atoms with Crippen LogP contribution in [0.1, 0.15) is 40.0 Å². The molecule has 3 N–H and O–H groups in total. The highest BCUT2D eigenvalue weighted by Gasteiger charge is 2.23. The third-order valence-corrected chi connectivity index (χ3v) is 4.36. The van der Waals surface area contributed by atoms with Crippen molar-refractivity contribution in [2.75, 3.05) is 29.9 Å². The topological polar surface area (TPSA) is 64.6 Å². The van der Waals surface area contributed by atoms with E-state index in [4.69, 9.17) is 0 Å². The summed E-state index contributed by atoms with van der Waals surface area (Å²) in [7, 11) is 0. The van der Waals surface area contributed by atoms with Crippen LogP contribution in [0.2, 0.25) is 0 Å². The summed E-state index contributed by atoms with van der Waals surface area (Å²) >= 11 is 0. The quantitative estimate of drug-likeness (QED) is 0.789. The van der Waals surface area contributed by atoms with Crippen molar-refractivity contribution in [3.05, 3.63) is 24.0 Å². The third-order valence-electron chi connectivity index (χ3n) is 4.36. The molecule has 0 saturated carbocycles. The highest BCUT2D eigenvalue weighted by atomic mass is 19.1. The van der Waals surface area contributed by atoms with Crippen molar-refractivity contribution in [2.24, 2.45) is 5.41 Å². The first-order valence-electron chi connectivity index (χ1n) is 8.55. The Morgan fingerprint density at radius 3 is 2.58 bits per heavy atom. The zero-order chi connectivity index (χ0) is 17.7. The Hall–Kier alpha value is -1.82. The van der Waals surface area contributed by atoms with E-state index in [0.717, 1.165) is 31.6 Å². The number of hydrogen-bond donors (Lipinski definition) is 3. The Bertz CT molecular complexity index is 566. The summed E-state index contributed by atoms with van der Waals surface area (Å²) in [5.74, 6) is -0.388. The summed E-state index contributed by atoms with van der Waals surface area (Å²) in [5.41, 5.74) is 0.979. The molecule has 0 aliphatic carbocycles. The van der Waals surface area contributed by atoms with Crippen LogP contribution in [0.3, 0.4) is 0 Å². The molecule has 0 bridgehead atoms. The Labute approximate surface area is 143 Å². The van der Waals surface area contributed by atoms with E-state index in [-0.39, 0.29) is 17.8 Å². The van der Waals surface area contributed by atoms with Crippen LogP contribution in [-0.2, 0) is 0 Å². The Morgan fingerprint density at radius 1 is 1.29 bits per heavy atom. The first-order chi connectivity index (χ1) is 11.3. The molecule has 1 atom stereocenters. The molecule has 5 nitrogen and oxygen atoms in total. The van der Waals surface area contributed by atoms with Crippen molar-refractivity contribution < 1.29 is 14.3 Å². The number of halogens is 1. The molecule has 1 heterocycles. The maximum Gasteiger partial charge on any atom is 0.319 e. The molecule has 134 valence electrons. The molecule has 1 fully saturated rings. The van der Waals surface area contributed by atoms with Crippen molar-refractivity contribution >= 4 is 17.4 Å². The number of urea groups is 1. The first kappa shape index (κ1) is 18.5. The number of hydrogen-bond acceptors (Lipinski definition) is 3. The van der Waals surface area contributed by atoms with Crippen LogP contribution < -0.4 is 15.5 Å². The van der Waals surface area contributed by atoms with Gasteiger partial charge in [-0.1, -0.05) is 20.8 Å². The molecule has 1 unspecified atom stereocenters. The number of anilines is 2. The van der Waals surface area contributed by atoms with E-state index in [9.17, 15) is 14.3 Å². The standard InChI is InChI=1S/C18H28FN3O2/c1-18(2,3)16(23)12-20-17(24)21-14-11-13(19)7-8-15(14)22-9-5-4-6-10-22/h7-8,11,16,23H,4-6,9-10,12H2,1-3H3,(H2,20,21,24). The van der Waals surface area contributed by atoms with Gasteiger partial charge in [0.25, 0.3) is 0 Å². The average Bonchev–Trinajstić information content (AvgIpc) is 2.52. The summed E-state index contributed by atoms with van der Waals surface area (Å²) in [5, 5.41) is 15.4. The fourth-order valence-corrected chi connectivity index (χ4v) is 2.68. The number of aliphatic hydroxyl groups excluding tert-OH is 1. The number of nitrogens with one attached hydrogen (secondary N) is 2. The maximum absolute atomic E-state index is 13.6. The van der Waals surface area contributed by atoms with Crippen LogP contribution in [0.4, 0.5) is 20.6 Å². The van der Waals surface area contributed by atoms with Gasteiger partial charge in [-0.2, -0.15) is 0 Å². The number of carbonyl (C=O) groups excluding carboxylic acids is 1. The highest BCUT2D eigenvalue weighted by Crippen LogP contribution is 2.29. The second-order valence-electron chi connectivity index (χ2n) is 7.43. The molecule has 6 heteroatoms. The molecule has 1 aliphatic heterocycles. The Morgan fingerprint density at radius 2 is 1.96 bits per heavy atom. The second kappa shape index (κ2) is 7.83. The van der Waals surface area contributed by atoms with E-state index in [1.54, 1.807) is 6.07 Å². The number of piperidine rings is 1. The van der Waals surface area contributed by atoms with Crippen molar-refractivity contribution in [1.29, 1.82) is 0 Å². The molecule has 1 aliphatic rings. The van der Waals surface area contributed by atoms with E-state index in [2.05, 4.69) is 15.5 Å². The number of carbonyl (C=O) groups is 1. The molecule has 2 rings (SSSR count). The van der Waals surface area contributed by atoms with Gasteiger partial charge in [0.2, 0.25) is 0 Å². The molecule has 0 aromatic heterocycles. The smallest absolute Gasteiger partial charge is 0.319 e. The summed E-state index contributed by atoms with van der Waals surface area (Å²) in [6, 6.07) is 4.02. The van der Waals surface area contributed by atoms with Gasteiger partial charge >= 0.3 is 6.03 Å². The summed E-state index contributed by atoms with van der Waals surface area (Å²) in [6.45, 7) is 7.66. The lowest BCUT2D eigenvalue weighted by Crippen LogP contribution is -2.41. The normalized spacial score (nSPS) is 16.6. The third kappa shape index (κ3) is 5.09. The molecule has 2 amide bonds. The Kier molecular flexibility index (Phi) is 6.04. The van der Waals surface area contributed by atoms with Gasteiger partial charge in [0.15, 0.2) is 0 Å². The van der Waals surface area contributed by atoms with Gasteiger partial charge in [-0.15, -0.1) is 0 Å². The fraction of sp³-hybridized carbons (Fsp3) is 0.611. The van der Waals surface area contributed by atoms with Gasteiger partial charge in [-0.25, -0.2) is 9.18 Å². The van der Waals surface area contributed by atoms with Crippen LogP contribution >= 0.6 is 0 Å². The molecule has 1 aromatic rings. The van der Waals surface area contributed by atoms with Gasteiger partial charge in [0.05, 0.1) is 17.5 Å². The molecular weight excluding hydrogens is 309 g/mol. The highest BCUT2D eigenvalue weighted by molar-refractivity contribution is 5.93. The molecule has 1 aromatic carbocycles. The van der Waals surface area contributed by atoms with Crippen molar-refractivity contribution in [3.8, 4) is 0 Å². The van der Waals surface area contributed by atoms with E-state index < -0.39 is 12.1 Å². The van der Waals surface area contributed by atoms with Crippen LogP contribution in [0, 0.1) is 11.2 Å². The Balaban J connectivity index is 2.02. The minimum atomic E-state index is -0.655. The minimum absolute atomic E-state index is 0.143. The predicted molar refractivity (Wildman–Crippen MR) is 94.9 cm³/mol. The second-order valence-corrected chi connectivity index (χ2v) is 7.43. The largest absolute Gasteiger partial charge is 0.391 e. The first-order valence-corrected chi connectivity index (χ1v) is 8.55. The number of aliphatic hydroxyl groups is 1. The number of amides is 2. The molecular formula is C18H28FN3O2. The molecule has 0 radical (unpaired) electrons. The molecule has 24 heavy (non-hydrogen) atoms. The summed E-state index contributed by atoms with van der Waals surface area (Å²) in [6.07, 6.45) is 2.74. The minimum Gasteiger partial charge on any atom is -0.391 e. The van der Waals surface area contributed by atoms with E-state index in [0.29, 0.717) is 5.69 Å². The lowest BCUT2D eigenvalue weighted by atomic mass is 9.89. The van der Waals surface area contributed by atoms with Gasteiger partial charge < -0.3 is 20.6 Å². The van der Waals surface area contributed by atoms with Crippen LogP contribution in [0.25, 0.3) is 0 Å². The van der Waals surface area contributed by atoms with Crippen LogP contribution in [-0.4, -0.2) is 36.9 Å². The fourth-order valence-electron chi connectivity index (χ4n) is 2.68. The van der Waals surface area contributed by atoms with Crippen LogP contribution in [0.15, 0.2) is 18.2 Å². The predicted octanol–water partition coefficient (Wildman–Crippen LogP) is 3.34. The van der Waals surface area contributed by atoms with Crippen molar-refractivity contribution in [1.82, 2.24) is 5.32 Å². The van der Waals surface area contributed by atoms with E-state index in [1.807, 2.05) is 20.8 Å². The number of nitrogens with zero attached hydrogens (tertiary/aromatic N) is 1. The van der Waals surface area contributed by atoms with Gasteiger partial charge in [-0.3, -0.25) is 0 Å². The lowest BCUT2D eigenvalue weighted by molar-refractivity contribution is 0.0654. The SMILES string of the molecule is CC(C)(C)C(O)CNC(=O)Nc1cc(F)ccc1N1CCCCC1. The summed E-state index contributed by atoms with van der Waals surface area (Å²) < 4.78 is 13.6. The monoisotopic (exact) mass is 337 g/mol. The number of rotatable bonds is 4. The van der Waals surface area contributed by atoms with Gasteiger partial charge in [0.1, 0.15) is 5.82 Å². The van der Waals surface area contributed by atoms with Crippen molar-refractivity contribution in [2.45, 2.75) is 46.1 Å². The van der Waals surface area contributed by atoms with E-state index >= 15 is 0 Å². The van der Waals surface area contributed by atoms with Crippen molar-refractivity contribution in [3.63, 3.8) is 0 Å². The zero-order valence-corrected chi connectivity index (χ0v) is 14.7. The molecule has 1 saturated heterocycles. The van der Waals surface area contributed by atoms with Crippen LogP contribution in [0.5, 0.6) is 0 Å². The molecule has 0 spiro atoms. The maximum atomic E-state index is 13.6. The zero-order valence-electron chi connectivity index (χ0n) is 14.7. The van der Waals surface area contributed by atoms with Gasteiger partial charge in [-0.05, 0) is 42.9 Å². The lowest BCUT2D eigenvalue weighted by Gasteiger charge is -2.30. The van der Waals surface area contributed by atoms with E-state index in [1.165, 1.54) is 18.6 Å². The summed E-state index contributed by atoms with van der Waals surface area (Å²) in [4.78, 5) is 14.3. The van der Waals surface area contributed by atoms with Gasteiger partial charge in [0, 0.05) is 19.6 Å². The average molecular weight is 337 g/mol.